The Labute approximate surface area is 114 Å². The Kier molecular flexibility index (Phi) is 4.41. The number of carboxylic acid groups (broad SMARTS) is 1. The summed E-state index contributed by atoms with van der Waals surface area (Å²) >= 11 is 0. The highest BCUT2D eigenvalue weighted by Crippen LogP contribution is 2.16. The van der Waals surface area contributed by atoms with Crippen LogP contribution < -0.4 is 0 Å². The van der Waals surface area contributed by atoms with E-state index in [0.717, 1.165) is 0 Å². The molecule has 20 heavy (non-hydrogen) atoms. The Bertz CT molecular complexity index is 583. The maximum atomic E-state index is 12.8. The molecule has 1 heterocycles. The SMILES string of the molecule is CCN(CC(=O)O)Cc1nc(-c2ccc(F)cc2)no1. The van der Waals surface area contributed by atoms with Crippen LogP contribution in [0.4, 0.5) is 4.39 Å². The van der Waals surface area contributed by atoms with Crippen molar-refractivity contribution in [3.05, 3.63) is 36.0 Å². The number of aromatic nitrogens is 2. The number of benzene rings is 1. The zero-order valence-corrected chi connectivity index (χ0v) is 10.9. The Hall–Kier alpha value is -2.28. The number of carbonyl (C=O) groups is 1. The van der Waals surface area contributed by atoms with E-state index in [2.05, 4.69) is 10.1 Å². The van der Waals surface area contributed by atoms with Gasteiger partial charge >= 0.3 is 5.97 Å². The molecule has 0 saturated carbocycles. The highest BCUT2D eigenvalue weighted by atomic mass is 19.1. The third-order valence-electron chi connectivity index (χ3n) is 2.74. The Morgan fingerprint density at radius 2 is 2.10 bits per heavy atom. The molecule has 0 bridgehead atoms. The van der Waals surface area contributed by atoms with Crippen molar-refractivity contribution in [1.82, 2.24) is 15.0 Å². The number of carboxylic acids is 1. The van der Waals surface area contributed by atoms with Crippen LogP contribution in [0.2, 0.25) is 0 Å². The second-order valence-corrected chi connectivity index (χ2v) is 4.22. The van der Waals surface area contributed by atoms with Crippen LogP contribution in [0.3, 0.4) is 0 Å². The Morgan fingerprint density at radius 1 is 1.40 bits per heavy atom. The summed E-state index contributed by atoms with van der Waals surface area (Å²) in [5.74, 6) is -0.569. The highest BCUT2D eigenvalue weighted by molar-refractivity contribution is 5.69. The lowest BCUT2D eigenvalue weighted by Crippen LogP contribution is -2.29. The molecule has 1 N–H and O–H groups in total. The molecule has 0 unspecified atom stereocenters. The monoisotopic (exact) mass is 279 g/mol. The summed E-state index contributed by atoms with van der Waals surface area (Å²) in [5.41, 5.74) is 0.641. The molecule has 0 fully saturated rings. The van der Waals surface area contributed by atoms with Gasteiger partial charge in [-0.1, -0.05) is 12.1 Å². The van der Waals surface area contributed by atoms with Crippen LogP contribution in [0.1, 0.15) is 12.8 Å². The molecule has 0 atom stereocenters. The van der Waals surface area contributed by atoms with Crippen molar-refractivity contribution in [2.45, 2.75) is 13.5 Å². The standard InChI is InChI=1S/C13H14FN3O3/c1-2-17(8-12(18)19)7-11-15-13(16-20-11)9-3-5-10(14)6-4-9/h3-6H,2,7-8H2,1H3,(H,18,19). The summed E-state index contributed by atoms with van der Waals surface area (Å²) < 4.78 is 17.9. The van der Waals surface area contributed by atoms with Crippen molar-refractivity contribution in [2.24, 2.45) is 0 Å². The second-order valence-electron chi connectivity index (χ2n) is 4.22. The van der Waals surface area contributed by atoms with Crippen LogP contribution >= 0.6 is 0 Å². The summed E-state index contributed by atoms with van der Waals surface area (Å²) in [6.07, 6.45) is 0. The molecule has 1 aromatic carbocycles. The maximum absolute atomic E-state index is 12.8. The van der Waals surface area contributed by atoms with Gasteiger partial charge in [-0.2, -0.15) is 4.98 Å². The van der Waals surface area contributed by atoms with E-state index in [-0.39, 0.29) is 18.9 Å². The molecule has 0 aliphatic carbocycles. The van der Waals surface area contributed by atoms with Crippen LogP contribution in [-0.2, 0) is 11.3 Å². The Balaban J connectivity index is 2.08. The molecule has 0 spiro atoms. The van der Waals surface area contributed by atoms with Crippen molar-refractivity contribution in [3.8, 4) is 11.4 Å². The first kappa shape index (κ1) is 14.1. The summed E-state index contributed by atoms with van der Waals surface area (Å²) in [4.78, 5) is 16.5. The van der Waals surface area contributed by atoms with Gasteiger partial charge in [-0.15, -0.1) is 0 Å². The topological polar surface area (TPSA) is 79.5 Å². The highest BCUT2D eigenvalue weighted by Gasteiger charge is 2.14. The molecule has 2 rings (SSSR count). The summed E-state index contributed by atoms with van der Waals surface area (Å²) in [5, 5.41) is 12.6. The van der Waals surface area contributed by atoms with E-state index in [4.69, 9.17) is 9.63 Å². The van der Waals surface area contributed by atoms with Crippen LogP contribution in [0, 0.1) is 5.82 Å². The number of aliphatic carboxylic acids is 1. The minimum atomic E-state index is -0.912. The van der Waals surface area contributed by atoms with E-state index >= 15 is 0 Å². The molecule has 2 aromatic rings. The predicted molar refractivity (Wildman–Crippen MR) is 68.3 cm³/mol. The fourth-order valence-corrected chi connectivity index (χ4v) is 1.70. The number of nitrogens with zero attached hydrogens (tertiary/aromatic N) is 3. The van der Waals surface area contributed by atoms with Crippen LogP contribution in [0.15, 0.2) is 28.8 Å². The lowest BCUT2D eigenvalue weighted by Gasteiger charge is -2.14. The minimum Gasteiger partial charge on any atom is -0.480 e. The molecule has 0 saturated heterocycles. The Morgan fingerprint density at radius 3 is 2.70 bits per heavy atom. The quantitative estimate of drug-likeness (QED) is 0.868. The van der Waals surface area contributed by atoms with Gasteiger partial charge in [0.15, 0.2) is 0 Å². The third-order valence-corrected chi connectivity index (χ3v) is 2.74. The van der Waals surface area contributed by atoms with Gasteiger partial charge in [0.25, 0.3) is 0 Å². The molecule has 0 radical (unpaired) electrons. The first-order valence-corrected chi connectivity index (χ1v) is 6.11. The predicted octanol–water partition coefficient (Wildman–Crippen LogP) is 1.78. The average molecular weight is 279 g/mol. The van der Waals surface area contributed by atoms with Gasteiger partial charge in [0, 0.05) is 5.56 Å². The number of hydrogen-bond acceptors (Lipinski definition) is 5. The fraction of sp³-hybridized carbons (Fsp3) is 0.308. The molecule has 7 heteroatoms. The van der Waals surface area contributed by atoms with Crippen molar-refractivity contribution < 1.29 is 18.8 Å². The van der Waals surface area contributed by atoms with Crippen molar-refractivity contribution in [2.75, 3.05) is 13.1 Å². The molecular formula is C13H14FN3O3. The molecule has 0 aliphatic rings. The summed E-state index contributed by atoms with van der Waals surface area (Å²) in [6.45, 7) is 2.57. The smallest absolute Gasteiger partial charge is 0.317 e. The molecular weight excluding hydrogens is 265 g/mol. The largest absolute Gasteiger partial charge is 0.480 e. The summed E-state index contributed by atoms with van der Waals surface area (Å²) in [7, 11) is 0. The van der Waals surface area contributed by atoms with Gasteiger partial charge in [-0.05, 0) is 30.8 Å². The zero-order chi connectivity index (χ0) is 14.5. The van der Waals surface area contributed by atoms with Crippen molar-refractivity contribution in [3.63, 3.8) is 0 Å². The van der Waals surface area contributed by atoms with Gasteiger partial charge in [-0.25, -0.2) is 4.39 Å². The van der Waals surface area contributed by atoms with Crippen LogP contribution in [0.25, 0.3) is 11.4 Å². The van der Waals surface area contributed by atoms with Crippen molar-refractivity contribution >= 4 is 5.97 Å². The van der Waals surface area contributed by atoms with Gasteiger partial charge in [0.1, 0.15) is 5.82 Å². The normalized spacial score (nSPS) is 10.9. The maximum Gasteiger partial charge on any atom is 0.317 e. The number of likely N-dealkylation sites (N-methyl/N-ethyl adjacent to an activating group) is 1. The number of rotatable bonds is 6. The van der Waals surface area contributed by atoms with E-state index < -0.39 is 5.97 Å². The van der Waals surface area contributed by atoms with Gasteiger partial charge in [0.05, 0.1) is 13.1 Å². The van der Waals surface area contributed by atoms with E-state index in [1.165, 1.54) is 12.1 Å². The van der Waals surface area contributed by atoms with Gasteiger partial charge < -0.3 is 9.63 Å². The fourth-order valence-electron chi connectivity index (χ4n) is 1.70. The zero-order valence-electron chi connectivity index (χ0n) is 10.9. The van der Waals surface area contributed by atoms with E-state index in [0.29, 0.717) is 23.8 Å². The molecule has 0 amide bonds. The first-order valence-electron chi connectivity index (χ1n) is 6.11. The summed E-state index contributed by atoms with van der Waals surface area (Å²) in [6, 6.07) is 5.74. The number of hydrogen-bond donors (Lipinski definition) is 1. The van der Waals surface area contributed by atoms with E-state index in [1.54, 1.807) is 17.0 Å². The second kappa shape index (κ2) is 6.25. The minimum absolute atomic E-state index is 0.0925. The van der Waals surface area contributed by atoms with E-state index in [9.17, 15) is 9.18 Å². The lowest BCUT2D eigenvalue weighted by atomic mass is 10.2. The number of halogens is 1. The van der Waals surface area contributed by atoms with Gasteiger partial charge in [0.2, 0.25) is 11.7 Å². The van der Waals surface area contributed by atoms with E-state index in [1.807, 2.05) is 6.92 Å². The molecule has 0 aliphatic heterocycles. The van der Waals surface area contributed by atoms with Crippen molar-refractivity contribution in [1.29, 1.82) is 0 Å². The molecule has 106 valence electrons. The third kappa shape index (κ3) is 3.61. The molecule has 6 nitrogen and oxygen atoms in total. The average Bonchev–Trinajstić information content (AvgIpc) is 2.87. The van der Waals surface area contributed by atoms with Crippen LogP contribution in [-0.4, -0.2) is 39.2 Å². The molecule has 1 aromatic heterocycles. The van der Waals surface area contributed by atoms with Gasteiger partial charge in [-0.3, -0.25) is 9.69 Å². The first-order chi connectivity index (χ1) is 9.58. The lowest BCUT2D eigenvalue weighted by molar-refractivity contribution is -0.138. The van der Waals surface area contributed by atoms with Crippen LogP contribution in [0.5, 0.6) is 0 Å².